The number of aromatic nitrogens is 1. The summed E-state index contributed by atoms with van der Waals surface area (Å²) >= 11 is 0. The van der Waals surface area contributed by atoms with Gasteiger partial charge in [-0.2, -0.15) is 0 Å². The van der Waals surface area contributed by atoms with Crippen molar-refractivity contribution in [1.82, 2.24) is 4.98 Å². The fourth-order valence-corrected chi connectivity index (χ4v) is 2.31. The number of anilines is 1. The van der Waals surface area contributed by atoms with Crippen LogP contribution in [-0.4, -0.2) is 12.8 Å². The molecular weight excluding hydrogens is 171 g/mol. The van der Waals surface area contributed by atoms with Crippen molar-refractivity contribution in [3.8, 4) is 0 Å². The molecular formula is C11H15BN2. The Bertz CT molecular complexity index is 319. The van der Waals surface area contributed by atoms with Crippen LogP contribution in [0.3, 0.4) is 0 Å². The molecule has 0 bridgehead atoms. The lowest BCUT2D eigenvalue weighted by atomic mass is 9.56. The molecule has 0 spiro atoms. The summed E-state index contributed by atoms with van der Waals surface area (Å²) in [7, 11) is 6.37. The van der Waals surface area contributed by atoms with Gasteiger partial charge in [0.1, 0.15) is 0 Å². The van der Waals surface area contributed by atoms with E-state index in [1.807, 2.05) is 6.07 Å². The van der Waals surface area contributed by atoms with Crippen molar-refractivity contribution in [3.63, 3.8) is 0 Å². The van der Waals surface area contributed by atoms with E-state index < -0.39 is 0 Å². The maximum absolute atomic E-state index is 6.37. The van der Waals surface area contributed by atoms with Gasteiger partial charge in [-0.15, -0.1) is 0 Å². The maximum Gasteiger partial charge on any atom is 0.0811 e. The molecule has 2 rings (SSSR count). The van der Waals surface area contributed by atoms with Crippen LogP contribution >= 0.6 is 0 Å². The minimum absolute atomic E-state index is 0.203. The van der Waals surface area contributed by atoms with E-state index in [-0.39, 0.29) is 5.31 Å². The van der Waals surface area contributed by atoms with Crippen LogP contribution in [0.2, 0.25) is 0 Å². The lowest BCUT2D eigenvalue weighted by molar-refractivity contribution is 0.399. The molecule has 2 nitrogen and oxygen atoms in total. The molecule has 1 heterocycles. The Kier molecular flexibility index (Phi) is 2.49. The highest BCUT2D eigenvalue weighted by Gasteiger charge is 2.29. The quantitative estimate of drug-likeness (QED) is 0.681. The largest absolute Gasteiger partial charge is 0.397 e. The van der Waals surface area contributed by atoms with E-state index in [4.69, 9.17) is 13.6 Å². The number of nitrogens with zero attached hydrogens (tertiary/aromatic N) is 1. The minimum atomic E-state index is -0.203. The first-order chi connectivity index (χ1) is 6.72. The lowest BCUT2D eigenvalue weighted by Crippen LogP contribution is -2.30. The van der Waals surface area contributed by atoms with Gasteiger partial charge in [0.2, 0.25) is 0 Å². The Morgan fingerprint density at radius 1 is 1.29 bits per heavy atom. The van der Waals surface area contributed by atoms with Crippen LogP contribution in [0.15, 0.2) is 18.5 Å². The fraction of sp³-hybridized carbons (Fsp3) is 0.545. The molecule has 0 aromatic carbocycles. The van der Waals surface area contributed by atoms with Gasteiger partial charge in [-0.1, -0.05) is 32.1 Å². The van der Waals surface area contributed by atoms with E-state index in [2.05, 4.69) is 4.98 Å². The zero-order valence-corrected chi connectivity index (χ0v) is 8.37. The summed E-state index contributed by atoms with van der Waals surface area (Å²) in [5.74, 6) is 0. The van der Waals surface area contributed by atoms with Crippen LogP contribution in [0.4, 0.5) is 5.69 Å². The summed E-state index contributed by atoms with van der Waals surface area (Å²) in [6.07, 6.45) is 9.26. The first kappa shape index (κ1) is 9.57. The van der Waals surface area contributed by atoms with E-state index in [0.29, 0.717) is 0 Å². The molecule has 1 aromatic rings. The Morgan fingerprint density at radius 2 is 2.00 bits per heavy atom. The van der Waals surface area contributed by atoms with E-state index in [1.165, 1.54) is 19.3 Å². The summed E-state index contributed by atoms with van der Waals surface area (Å²) in [4.78, 5) is 3.99. The Morgan fingerprint density at radius 3 is 2.64 bits per heavy atom. The normalized spacial score (nSPS) is 20.6. The van der Waals surface area contributed by atoms with Crippen molar-refractivity contribution >= 4 is 13.5 Å². The first-order valence-corrected chi connectivity index (χ1v) is 5.21. The predicted octanol–water partition coefficient (Wildman–Crippen LogP) is 1.99. The summed E-state index contributed by atoms with van der Waals surface area (Å²) in [5.41, 5.74) is 7.70. The van der Waals surface area contributed by atoms with Crippen molar-refractivity contribution < 1.29 is 0 Å². The number of hydrogen-bond acceptors (Lipinski definition) is 2. The molecule has 0 aliphatic heterocycles. The molecule has 1 aliphatic carbocycles. The average molecular weight is 186 g/mol. The van der Waals surface area contributed by atoms with Gasteiger partial charge in [-0.05, 0) is 16.9 Å². The molecule has 0 atom stereocenters. The van der Waals surface area contributed by atoms with Crippen LogP contribution in [0, 0.1) is 0 Å². The third kappa shape index (κ3) is 1.63. The number of nitrogen functional groups attached to an aromatic ring is 1. The molecule has 1 aliphatic rings. The van der Waals surface area contributed by atoms with Crippen LogP contribution in [0.25, 0.3) is 0 Å². The van der Waals surface area contributed by atoms with Gasteiger partial charge in [0, 0.05) is 12.4 Å². The van der Waals surface area contributed by atoms with Crippen molar-refractivity contribution in [3.05, 3.63) is 24.0 Å². The number of nitrogens with two attached hydrogens (primary N) is 1. The number of rotatable bonds is 1. The number of hydrogen-bond donors (Lipinski definition) is 1. The second kappa shape index (κ2) is 3.64. The Hall–Kier alpha value is -0.985. The second-order valence-corrected chi connectivity index (χ2v) is 4.18. The Labute approximate surface area is 86.3 Å². The highest BCUT2D eigenvalue weighted by molar-refractivity contribution is 6.16. The minimum Gasteiger partial charge on any atom is -0.397 e. The first-order valence-electron chi connectivity index (χ1n) is 5.21. The van der Waals surface area contributed by atoms with Gasteiger partial charge in [-0.3, -0.25) is 4.98 Å². The average Bonchev–Trinajstić information content (AvgIpc) is 2.19. The van der Waals surface area contributed by atoms with Crippen LogP contribution in [0.5, 0.6) is 0 Å². The van der Waals surface area contributed by atoms with Crippen LogP contribution in [0.1, 0.15) is 37.7 Å². The van der Waals surface area contributed by atoms with Gasteiger partial charge in [0.15, 0.2) is 0 Å². The molecule has 1 fully saturated rings. The molecule has 0 unspecified atom stereocenters. The third-order valence-electron chi connectivity index (χ3n) is 3.13. The van der Waals surface area contributed by atoms with Gasteiger partial charge in [0.25, 0.3) is 0 Å². The molecule has 1 saturated carbocycles. The molecule has 2 N–H and O–H groups in total. The van der Waals surface area contributed by atoms with E-state index in [0.717, 1.165) is 24.1 Å². The predicted molar refractivity (Wildman–Crippen MR) is 59.2 cm³/mol. The van der Waals surface area contributed by atoms with Crippen molar-refractivity contribution in [2.75, 3.05) is 5.73 Å². The van der Waals surface area contributed by atoms with Gasteiger partial charge in [-0.25, -0.2) is 0 Å². The summed E-state index contributed by atoms with van der Waals surface area (Å²) in [6.45, 7) is 0. The molecule has 1 aromatic heterocycles. The monoisotopic (exact) mass is 186 g/mol. The molecule has 72 valence electrons. The van der Waals surface area contributed by atoms with Crippen LogP contribution in [-0.2, 0) is 5.31 Å². The highest BCUT2D eigenvalue weighted by Crippen LogP contribution is 2.38. The molecule has 0 amide bonds. The Balaban J connectivity index is 2.32. The van der Waals surface area contributed by atoms with E-state index in [9.17, 15) is 0 Å². The van der Waals surface area contributed by atoms with Crippen LogP contribution < -0.4 is 5.73 Å². The molecule has 3 heteroatoms. The van der Waals surface area contributed by atoms with Crippen molar-refractivity contribution in [2.45, 2.75) is 37.4 Å². The highest BCUT2D eigenvalue weighted by atomic mass is 14.7. The van der Waals surface area contributed by atoms with Crippen molar-refractivity contribution in [1.29, 1.82) is 0 Å². The zero-order valence-electron chi connectivity index (χ0n) is 8.37. The molecule has 2 radical (unpaired) electrons. The summed E-state index contributed by atoms with van der Waals surface area (Å²) in [5, 5.41) is -0.203. The van der Waals surface area contributed by atoms with Crippen molar-refractivity contribution in [2.24, 2.45) is 0 Å². The van der Waals surface area contributed by atoms with Gasteiger partial charge < -0.3 is 5.73 Å². The maximum atomic E-state index is 6.37. The smallest absolute Gasteiger partial charge is 0.0811 e. The van der Waals surface area contributed by atoms with E-state index >= 15 is 0 Å². The standard InChI is InChI=1S/C11H15BN2/c12-11(5-2-1-3-6-11)9-4-7-14-8-10(9)13/h4,7-8H,1-3,5-6,13H2. The topological polar surface area (TPSA) is 38.9 Å². The SMILES string of the molecule is [B]C1(c2ccncc2N)CCCCC1. The third-order valence-corrected chi connectivity index (χ3v) is 3.13. The fourth-order valence-electron chi connectivity index (χ4n) is 2.31. The summed E-state index contributed by atoms with van der Waals surface area (Å²) in [6, 6.07) is 1.96. The molecule has 0 saturated heterocycles. The zero-order chi connectivity index (χ0) is 10.0. The summed E-state index contributed by atoms with van der Waals surface area (Å²) < 4.78 is 0. The van der Waals surface area contributed by atoms with Gasteiger partial charge >= 0.3 is 0 Å². The number of pyridine rings is 1. The second-order valence-electron chi connectivity index (χ2n) is 4.18. The lowest BCUT2D eigenvalue weighted by Gasteiger charge is -2.35. The van der Waals surface area contributed by atoms with Gasteiger partial charge in [0.05, 0.1) is 13.5 Å². The molecule has 14 heavy (non-hydrogen) atoms. The van der Waals surface area contributed by atoms with E-state index in [1.54, 1.807) is 12.4 Å².